The maximum Gasteiger partial charge on any atom is 0.407 e. The van der Waals surface area contributed by atoms with Crippen molar-refractivity contribution in [3.63, 3.8) is 0 Å². The first-order valence-electron chi connectivity index (χ1n) is 22.6. The van der Waals surface area contributed by atoms with Crippen LogP contribution in [0, 0.1) is 17.8 Å². The number of carbonyl (C=O) groups excluding carboxylic acids is 3. The van der Waals surface area contributed by atoms with Gasteiger partial charge in [-0.1, -0.05) is 32.0 Å². The molecule has 3 unspecified atom stereocenters. The number of aromatic amines is 2. The van der Waals surface area contributed by atoms with Crippen LogP contribution in [-0.4, -0.2) is 130 Å². The van der Waals surface area contributed by atoms with Crippen molar-refractivity contribution in [2.45, 2.75) is 89.7 Å². The molecule has 4 N–H and O–H groups in total. The highest BCUT2D eigenvalue weighted by atomic mass is 16.5. The maximum atomic E-state index is 14.4. The lowest BCUT2D eigenvalue weighted by atomic mass is 9.90. The van der Waals surface area contributed by atoms with Crippen molar-refractivity contribution in [2.24, 2.45) is 17.8 Å². The molecule has 0 saturated carbocycles. The number of amides is 4. The van der Waals surface area contributed by atoms with Crippen molar-refractivity contribution in [1.29, 1.82) is 0 Å². The van der Waals surface area contributed by atoms with Crippen molar-refractivity contribution in [3.05, 3.63) is 65.9 Å². The van der Waals surface area contributed by atoms with Gasteiger partial charge in [-0.05, 0) is 97.2 Å². The standard InChI is InChI=1S/C48H58N8O9/c1-25(2)42(54(4)48(60)61)46(58)56-26(3)7-12-37(56)44-50-35-11-9-29-19-34-32-10-8-30(18-31(32)24-65-39(34)20-33(29)41(35)52-44)36-21-49-43(51-36)38-17-27(23-62-5)22-55(38)45(57)40(53-47(59)63-6)28-13-15-64-16-14-28/h8-11,18-21,25-28,37-38,40,42H,7,12-17,22-24H2,1-6H3,(H,49,51)(H,50,52)(H,53,59)(H,60,61)/t26-,27-,37?,38?,40?,42-/m0/s1. The Balaban J connectivity index is 0.971. The highest BCUT2D eigenvalue weighted by molar-refractivity contribution is 6.07. The van der Waals surface area contributed by atoms with E-state index < -0.39 is 24.3 Å². The molecule has 3 aromatic carbocycles. The summed E-state index contributed by atoms with van der Waals surface area (Å²) in [5.74, 6) is 1.53. The number of nitrogens with one attached hydrogen (secondary N) is 3. The Labute approximate surface area is 377 Å². The lowest BCUT2D eigenvalue weighted by Gasteiger charge is -2.36. The molecule has 6 heterocycles. The van der Waals surface area contributed by atoms with Crippen molar-refractivity contribution < 1.29 is 43.2 Å². The molecule has 344 valence electrons. The lowest BCUT2D eigenvalue weighted by Crippen LogP contribution is -2.53. The molecule has 3 fully saturated rings. The van der Waals surface area contributed by atoms with Crippen LogP contribution in [-0.2, 0) is 30.4 Å². The monoisotopic (exact) mass is 890 g/mol. The van der Waals surface area contributed by atoms with E-state index in [1.54, 1.807) is 13.3 Å². The Kier molecular flexibility index (Phi) is 12.2. The molecular weight excluding hydrogens is 833 g/mol. The summed E-state index contributed by atoms with van der Waals surface area (Å²) in [6.45, 7) is 8.13. The molecule has 4 amide bonds. The fourth-order valence-corrected chi connectivity index (χ4v) is 10.7. The van der Waals surface area contributed by atoms with E-state index in [1.807, 2.05) is 36.6 Å². The van der Waals surface area contributed by atoms with Gasteiger partial charge in [0, 0.05) is 56.8 Å². The van der Waals surface area contributed by atoms with E-state index in [-0.39, 0.29) is 47.7 Å². The number of hydrogen-bond acceptors (Lipinski definition) is 10. The van der Waals surface area contributed by atoms with E-state index in [0.717, 1.165) is 66.8 Å². The third-order valence-corrected chi connectivity index (χ3v) is 14.0. The van der Waals surface area contributed by atoms with Crippen LogP contribution in [0.4, 0.5) is 9.59 Å². The number of likely N-dealkylation sites (N-methyl/N-ethyl adjacent to an activating group) is 1. The topological polar surface area (TPSA) is 205 Å². The quantitative estimate of drug-likeness (QED) is 0.106. The van der Waals surface area contributed by atoms with Crippen LogP contribution < -0.4 is 10.1 Å². The second kappa shape index (κ2) is 18.0. The van der Waals surface area contributed by atoms with Crippen LogP contribution in [0.2, 0.25) is 0 Å². The summed E-state index contributed by atoms with van der Waals surface area (Å²) in [6.07, 6.45) is 3.49. The number of methoxy groups -OCH3 is 2. The number of likely N-dealkylation sites (tertiary alicyclic amines) is 2. The summed E-state index contributed by atoms with van der Waals surface area (Å²) in [4.78, 5) is 74.6. The zero-order valence-electron chi connectivity index (χ0n) is 37.8. The van der Waals surface area contributed by atoms with Crippen molar-refractivity contribution in [1.82, 2.24) is 40.0 Å². The number of aromatic nitrogens is 4. The van der Waals surface area contributed by atoms with Gasteiger partial charge in [0.25, 0.3) is 0 Å². The molecule has 17 nitrogen and oxygen atoms in total. The van der Waals surface area contributed by atoms with Crippen LogP contribution >= 0.6 is 0 Å². The second-order valence-corrected chi connectivity index (χ2v) is 18.4. The molecular formula is C48H58N8O9. The fourth-order valence-electron chi connectivity index (χ4n) is 10.7. The first-order chi connectivity index (χ1) is 31.3. The highest BCUT2D eigenvalue weighted by Gasteiger charge is 2.45. The second-order valence-electron chi connectivity index (χ2n) is 18.4. The van der Waals surface area contributed by atoms with E-state index in [1.165, 1.54) is 14.2 Å². The van der Waals surface area contributed by atoms with Crippen LogP contribution in [0.3, 0.4) is 0 Å². The Morgan fingerprint density at radius 1 is 0.969 bits per heavy atom. The van der Waals surface area contributed by atoms with Gasteiger partial charge in [-0.2, -0.15) is 0 Å². The predicted octanol–water partition coefficient (Wildman–Crippen LogP) is 7.04. The third kappa shape index (κ3) is 8.24. The van der Waals surface area contributed by atoms with Gasteiger partial charge in [0.1, 0.15) is 36.1 Å². The molecule has 6 atom stereocenters. The van der Waals surface area contributed by atoms with Gasteiger partial charge < -0.3 is 49.1 Å². The van der Waals surface area contributed by atoms with E-state index in [9.17, 15) is 24.3 Å². The number of alkyl carbamates (subject to hydrolysis) is 1. The van der Waals surface area contributed by atoms with Gasteiger partial charge in [-0.25, -0.2) is 19.6 Å². The van der Waals surface area contributed by atoms with Crippen LogP contribution in [0.15, 0.2) is 48.7 Å². The number of carbonyl (C=O) groups is 4. The minimum Gasteiger partial charge on any atom is -0.488 e. The molecule has 17 heteroatoms. The van der Waals surface area contributed by atoms with Gasteiger partial charge in [0.2, 0.25) is 11.8 Å². The molecule has 0 spiro atoms. The molecule has 5 aromatic rings. The van der Waals surface area contributed by atoms with Gasteiger partial charge in [0.05, 0.1) is 48.7 Å². The number of hydrogen-bond donors (Lipinski definition) is 4. The van der Waals surface area contributed by atoms with E-state index in [2.05, 4.69) is 51.7 Å². The molecule has 0 bridgehead atoms. The van der Waals surface area contributed by atoms with Crippen molar-refractivity contribution in [3.8, 4) is 28.1 Å². The molecule has 0 aliphatic carbocycles. The number of fused-ring (bicyclic) bond motifs is 6. The molecule has 0 radical (unpaired) electrons. The minimum atomic E-state index is -1.14. The van der Waals surface area contributed by atoms with Gasteiger partial charge in [-0.3, -0.25) is 14.5 Å². The van der Waals surface area contributed by atoms with Crippen molar-refractivity contribution >= 4 is 45.8 Å². The van der Waals surface area contributed by atoms with Crippen LogP contribution in [0.1, 0.15) is 82.2 Å². The number of rotatable bonds is 11. The first kappa shape index (κ1) is 44.0. The summed E-state index contributed by atoms with van der Waals surface area (Å²) in [5, 5.41) is 14.6. The number of H-pyrrole nitrogens is 2. The number of imidazole rings is 2. The summed E-state index contributed by atoms with van der Waals surface area (Å²) in [6, 6.07) is 12.2. The SMILES string of the molecule is COC[C@H]1CC(c2ncc(-c3ccc4c(c3)COc3cc5c(ccc6nc(C7CC[C@H](C)N7C(=O)[C@H](C(C)C)N(C)C(=O)O)[nH]c65)cc3-4)[nH]2)N(C(=O)C(NC(=O)OC)C2CCOCC2)C1. The van der Waals surface area contributed by atoms with Gasteiger partial charge in [-0.15, -0.1) is 0 Å². The number of nitrogens with zero attached hydrogens (tertiary/aromatic N) is 5. The van der Waals surface area contributed by atoms with Crippen LogP contribution in [0.5, 0.6) is 5.75 Å². The van der Waals surface area contributed by atoms with Gasteiger partial charge >= 0.3 is 12.2 Å². The molecule has 4 aliphatic rings. The smallest absolute Gasteiger partial charge is 0.407 e. The average Bonchev–Trinajstić information content (AvgIpc) is 4.13. The number of ether oxygens (including phenoxy) is 4. The maximum absolute atomic E-state index is 14.4. The zero-order chi connectivity index (χ0) is 45.7. The third-order valence-electron chi connectivity index (χ3n) is 14.0. The fraction of sp³-hybridized carbons (Fsp3) is 0.500. The van der Waals surface area contributed by atoms with E-state index in [4.69, 9.17) is 28.9 Å². The van der Waals surface area contributed by atoms with Crippen molar-refractivity contribution in [2.75, 3.05) is 47.6 Å². The Bertz CT molecular complexity index is 2620. The number of benzene rings is 3. The zero-order valence-corrected chi connectivity index (χ0v) is 37.8. The summed E-state index contributed by atoms with van der Waals surface area (Å²) in [7, 11) is 4.42. The molecule has 4 aliphatic heterocycles. The van der Waals surface area contributed by atoms with Crippen LogP contribution in [0.25, 0.3) is 44.2 Å². The Morgan fingerprint density at radius 3 is 2.51 bits per heavy atom. The highest BCUT2D eigenvalue weighted by Crippen LogP contribution is 2.44. The first-order valence-corrected chi connectivity index (χ1v) is 22.6. The lowest BCUT2D eigenvalue weighted by molar-refractivity contribution is -0.140. The number of carboxylic acid groups (broad SMARTS) is 1. The average molecular weight is 891 g/mol. The molecule has 2 aromatic heterocycles. The summed E-state index contributed by atoms with van der Waals surface area (Å²) < 4.78 is 22.5. The predicted molar refractivity (Wildman–Crippen MR) is 241 cm³/mol. The normalized spacial score (nSPS) is 21.8. The Hall–Kier alpha value is -6.20. The Morgan fingerprint density at radius 2 is 1.77 bits per heavy atom. The minimum absolute atomic E-state index is 0.0714. The summed E-state index contributed by atoms with van der Waals surface area (Å²) >= 11 is 0. The summed E-state index contributed by atoms with van der Waals surface area (Å²) in [5.41, 5.74) is 6.43. The van der Waals surface area contributed by atoms with E-state index in [0.29, 0.717) is 70.3 Å². The largest absolute Gasteiger partial charge is 0.488 e. The molecule has 3 saturated heterocycles. The van der Waals surface area contributed by atoms with Gasteiger partial charge in [0.15, 0.2) is 0 Å². The molecule has 65 heavy (non-hydrogen) atoms. The molecule has 9 rings (SSSR count). The van der Waals surface area contributed by atoms with E-state index >= 15 is 0 Å².